The van der Waals surface area contributed by atoms with Crippen molar-refractivity contribution in [3.8, 4) is 11.5 Å². The van der Waals surface area contributed by atoms with E-state index < -0.39 is 11.8 Å². The van der Waals surface area contributed by atoms with Crippen LogP contribution in [0.4, 0.5) is 4.39 Å². The summed E-state index contributed by atoms with van der Waals surface area (Å²) in [7, 11) is 1.38. The minimum absolute atomic E-state index is 0.0271. The van der Waals surface area contributed by atoms with Gasteiger partial charge < -0.3 is 14.6 Å². The van der Waals surface area contributed by atoms with Gasteiger partial charge in [-0.15, -0.1) is 0 Å². The highest BCUT2D eigenvalue weighted by molar-refractivity contribution is 5.93. The van der Waals surface area contributed by atoms with Crippen LogP contribution in [0, 0.1) is 5.82 Å². The largest absolute Gasteiger partial charge is 0.504 e. The highest BCUT2D eigenvalue weighted by atomic mass is 19.1. The maximum Gasteiger partial charge on any atom is 0.342 e. The van der Waals surface area contributed by atoms with E-state index in [1.165, 1.54) is 31.4 Å². The Balaban J connectivity index is 2.12. The maximum atomic E-state index is 13.4. The van der Waals surface area contributed by atoms with Crippen molar-refractivity contribution in [2.45, 2.75) is 6.61 Å². The molecule has 0 unspecified atom stereocenters. The quantitative estimate of drug-likeness (QED) is 0.872. The lowest BCUT2D eigenvalue weighted by molar-refractivity contribution is 0.0465. The van der Waals surface area contributed by atoms with Crippen molar-refractivity contribution in [3.05, 3.63) is 59.4 Å². The summed E-state index contributed by atoms with van der Waals surface area (Å²) in [4.78, 5) is 11.9. The number of benzene rings is 2. The van der Waals surface area contributed by atoms with Crippen molar-refractivity contribution < 1.29 is 23.8 Å². The van der Waals surface area contributed by atoms with Crippen LogP contribution >= 0.6 is 0 Å². The van der Waals surface area contributed by atoms with Crippen molar-refractivity contribution in [1.29, 1.82) is 0 Å². The monoisotopic (exact) mass is 276 g/mol. The first-order valence-corrected chi connectivity index (χ1v) is 5.90. The van der Waals surface area contributed by atoms with Crippen molar-refractivity contribution >= 4 is 5.97 Å². The van der Waals surface area contributed by atoms with Gasteiger partial charge in [0.15, 0.2) is 11.5 Å². The van der Waals surface area contributed by atoms with E-state index in [9.17, 15) is 14.3 Å². The molecule has 0 amide bonds. The molecule has 2 rings (SSSR count). The lowest BCUT2D eigenvalue weighted by atomic mass is 10.2. The molecule has 0 aliphatic heterocycles. The Morgan fingerprint density at radius 3 is 2.65 bits per heavy atom. The van der Waals surface area contributed by atoms with E-state index >= 15 is 0 Å². The molecular weight excluding hydrogens is 263 g/mol. The number of hydrogen-bond donors (Lipinski definition) is 1. The fourth-order valence-corrected chi connectivity index (χ4v) is 1.69. The van der Waals surface area contributed by atoms with Crippen LogP contribution < -0.4 is 4.74 Å². The van der Waals surface area contributed by atoms with E-state index in [0.29, 0.717) is 0 Å². The van der Waals surface area contributed by atoms with Crippen LogP contribution in [-0.4, -0.2) is 18.2 Å². The van der Waals surface area contributed by atoms with E-state index in [4.69, 9.17) is 9.47 Å². The van der Waals surface area contributed by atoms with Crippen molar-refractivity contribution in [1.82, 2.24) is 0 Å². The van der Waals surface area contributed by atoms with Crippen LogP contribution in [0.25, 0.3) is 0 Å². The van der Waals surface area contributed by atoms with Gasteiger partial charge in [0.05, 0.1) is 7.11 Å². The summed E-state index contributed by atoms with van der Waals surface area (Å²) in [6.07, 6.45) is 0. The zero-order chi connectivity index (χ0) is 14.5. The Kier molecular flexibility index (Phi) is 4.20. The second-order valence-corrected chi connectivity index (χ2v) is 4.02. The molecule has 0 aromatic heterocycles. The number of ether oxygens (including phenoxy) is 2. The Labute approximate surface area is 115 Å². The fraction of sp³-hybridized carbons (Fsp3) is 0.133. The SMILES string of the molecule is COc1cccc(C(=O)OCc2ccccc2F)c1O. The summed E-state index contributed by atoms with van der Waals surface area (Å²) in [5.74, 6) is -1.32. The number of carbonyl (C=O) groups excluding carboxylic acids is 1. The predicted molar refractivity (Wildman–Crippen MR) is 70.2 cm³/mol. The number of aromatic hydroxyl groups is 1. The zero-order valence-electron chi connectivity index (χ0n) is 10.8. The Bertz CT molecular complexity index is 625. The van der Waals surface area contributed by atoms with Gasteiger partial charge in [0, 0.05) is 5.56 Å². The first-order valence-electron chi connectivity index (χ1n) is 5.90. The van der Waals surface area contributed by atoms with E-state index in [2.05, 4.69) is 0 Å². The molecule has 0 heterocycles. The molecule has 0 aliphatic carbocycles. The van der Waals surface area contributed by atoms with E-state index in [1.807, 2.05) is 0 Å². The molecule has 4 nitrogen and oxygen atoms in total. The molecular formula is C15H13FO4. The summed E-state index contributed by atoms with van der Waals surface area (Å²) in [6, 6.07) is 10.5. The summed E-state index contributed by atoms with van der Waals surface area (Å²) in [5, 5.41) is 9.81. The molecule has 0 spiro atoms. The fourth-order valence-electron chi connectivity index (χ4n) is 1.69. The lowest BCUT2D eigenvalue weighted by Crippen LogP contribution is -2.07. The number of rotatable bonds is 4. The average molecular weight is 276 g/mol. The Morgan fingerprint density at radius 2 is 1.95 bits per heavy atom. The molecule has 0 aliphatic rings. The van der Waals surface area contributed by atoms with E-state index in [-0.39, 0.29) is 29.2 Å². The summed E-state index contributed by atoms with van der Waals surface area (Å²) in [6.45, 7) is -0.206. The number of methoxy groups -OCH3 is 1. The minimum atomic E-state index is -0.746. The molecule has 2 aromatic rings. The number of hydrogen-bond acceptors (Lipinski definition) is 4. The van der Waals surface area contributed by atoms with Crippen LogP contribution in [0.1, 0.15) is 15.9 Å². The topological polar surface area (TPSA) is 55.8 Å². The zero-order valence-corrected chi connectivity index (χ0v) is 10.8. The second kappa shape index (κ2) is 6.06. The molecule has 0 saturated heterocycles. The molecule has 1 N–H and O–H groups in total. The van der Waals surface area contributed by atoms with Gasteiger partial charge in [-0.3, -0.25) is 0 Å². The van der Waals surface area contributed by atoms with Crippen LogP contribution in [-0.2, 0) is 11.3 Å². The number of esters is 1. The second-order valence-electron chi connectivity index (χ2n) is 4.02. The number of phenols is 1. The van der Waals surface area contributed by atoms with Gasteiger partial charge in [0.25, 0.3) is 0 Å². The predicted octanol–water partition coefficient (Wildman–Crippen LogP) is 2.90. The van der Waals surface area contributed by atoms with Crippen LogP contribution in [0.15, 0.2) is 42.5 Å². The number of halogens is 1. The van der Waals surface area contributed by atoms with Gasteiger partial charge in [-0.2, -0.15) is 0 Å². The maximum absolute atomic E-state index is 13.4. The van der Waals surface area contributed by atoms with Crippen LogP contribution in [0.3, 0.4) is 0 Å². The van der Waals surface area contributed by atoms with Gasteiger partial charge in [-0.1, -0.05) is 24.3 Å². The normalized spacial score (nSPS) is 10.1. The average Bonchev–Trinajstić information content (AvgIpc) is 2.46. The first kappa shape index (κ1) is 13.9. The van der Waals surface area contributed by atoms with E-state index in [0.717, 1.165) is 0 Å². The van der Waals surface area contributed by atoms with Crippen molar-refractivity contribution in [2.75, 3.05) is 7.11 Å². The molecule has 2 aromatic carbocycles. The van der Waals surface area contributed by atoms with Crippen LogP contribution in [0.5, 0.6) is 11.5 Å². The van der Waals surface area contributed by atoms with Gasteiger partial charge in [-0.25, -0.2) is 9.18 Å². The molecule has 0 radical (unpaired) electrons. The Morgan fingerprint density at radius 1 is 1.20 bits per heavy atom. The van der Waals surface area contributed by atoms with Crippen molar-refractivity contribution in [3.63, 3.8) is 0 Å². The smallest absolute Gasteiger partial charge is 0.342 e. The van der Waals surface area contributed by atoms with Gasteiger partial charge in [-0.05, 0) is 18.2 Å². The number of para-hydroxylation sites is 1. The molecule has 0 fully saturated rings. The number of carbonyl (C=O) groups is 1. The first-order chi connectivity index (χ1) is 9.63. The summed E-state index contributed by atoms with van der Waals surface area (Å²) >= 11 is 0. The van der Waals surface area contributed by atoms with Gasteiger partial charge >= 0.3 is 5.97 Å². The third-order valence-corrected chi connectivity index (χ3v) is 2.76. The molecule has 5 heteroatoms. The molecule has 0 atom stereocenters. The summed E-state index contributed by atoms with van der Waals surface area (Å²) < 4.78 is 23.3. The molecule has 0 bridgehead atoms. The van der Waals surface area contributed by atoms with Gasteiger partial charge in [0.1, 0.15) is 18.0 Å². The molecule has 104 valence electrons. The minimum Gasteiger partial charge on any atom is -0.504 e. The van der Waals surface area contributed by atoms with Crippen LogP contribution in [0.2, 0.25) is 0 Å². The lowest BCUT2D eigenvalue weighted by Gasteiger charge is -2.09. The molecule has 20 heavy (non-hydrogen) atoms. The van der Waals surface area contributed by atoms with Crippen molar-refractivity contribution in [2.24, 2.45) is 0 Å². The van der Waals surface area contributed by atoms with E-state index in [1.54, 1.807) is 18.2 Å². The molecule has 0 saturated carbocycles. The Hall–Kier alpha value is -2.56. The van der Waals surface area contributed by atoms with Gasteiger partial charge in [0.2, 0.25) is 0 Å². The summed E-state index contributed by atoms with van der Waals surface area (Å²) in [5.41, 5.74) is 0.240. The highest BCUT2D eigenvalue weighted by Gasteiger charge is 2.16. The number of phenolic OH excluding ortho intramolecular Hbond substituents is 1. The third kappa shape index (κ3) is 2.88. The standard InChI is InChI=1S/C15H13FO4/c1-19-13-8-4-6-11(14(13)17)15(18)20-9-10-5-2-3-7-12(10)16/h2-8,17H,9H2,1H3. The highest BCUT2D eigenvalue weighted by Crippen LogP contribution is 2.29. The third-order valence-electron chi connectivity index (χ3n) is 2.76.